The largest absolute Gasteiger partial charge is 0.465 e. The molecule has 3 atom stereocenters. The van der Waals surface area contributed by atoms with Gasteiger partial charge in [-0.1, -0.05) is 55.8 Å². The van der Waals surface area contributed by atoms with Crippen LogP contribution >= 0.6 is 11.6 Å². The van der Waals surface area contributed by atoms with Gasteiger partial charge in [0.2, 0.25) is 12.1 Å². The molecule has 1 heterocycles. The number of anilines is 1. The van der Waals surface area contributed by atoms with Gasteiger partial charge in [0.25, 0.3) is 0 Å². The van der Waals surface area contributed by atoms with Gasteiger partial charge in [0.1, 0.15) is 23.6 Å². The Morgan fingerprint density at radius 3 is 2.13 bits per heavy atom. The number of halogens is 1. The van der Waals surface area contributed by atoms with E-state index in [9.17, 15) is 19.5 Å². The number of carboxylic acid groups (broad SMARTS) is 1. The third kappa shape index (κ3) is 5.84. The Labute approximate surface area is 225 Å². The van der Waals surface area contributed by atoms with Gasteiger partial charge in [0.15, 0.2) is 0 Å². The first kappa shape index (κ1) is 26.8. The van der Waals surface area contributed by atoms with Gasteiger partial charge in [-0.05, 0) is 60.0 Å². The molecule has 1 saturated heterocycles. The molecule has 0 aliphatic carbocycles. The van der Waals surface area contributed by atoms with Crippen LogP contribution in [0.2, 0.25) is 5.02 Å². The summed E-state index contributed by atoms with van der Waals surface area (Å²) in [5.41, 5.74) is 1.29. The van der Waals surface area contributed by atoms with Crippen molar-refractivity contribution in [2.45, 2.75) is 32.2 Å². The molecule has 0 saturated carbocycles. The number of likely N-dealkylation sites (N-methyl/N-ethyl adjacent to an activating group) is 1. The monoisotopic (exact) mass is 537 g/mol. The maximum Gasteiger partial charge on any atom is 0.417 e. The van der Waals surface area contributed by atoms with E-state index in [0.717, 1.165) is 5.56 Å². The lowest BCUT2D eigenvalue weighted by Crippen LogP contribution is -2.53. The minimum atomic E-state index is -1.31. The molecular weight excluding hydrogens is 510 g/mol. The van der Waals surface area contributed by atoms with E-state index in [1.807, 2.05) is 30.3 Å². The number of nitrogens with one attached hydrogen (secondary N) is 1. The quantitative estimate of drug-likeness (QED) is 0.370. The van der Waals surface area contributed by atoms with Gasteiger partial charge < -0.3 is 24.8 Å². The van der Waals surface area contributed by atoms with Crippen LogP contribution < -0.4 is 15.0 Å². The lowest BCUT2D eigenvalue weighted by molar-refractivity contribution is -0.141. The van der Waals surface area contributed by atoms with Crippen LogP contribution in [0.25, 0.3) is 0 Å². The smallest absolute Gasteiger partial charge is 0.417 e. The maximum atomic E-state index is 13.3. The fourth-order valence-electron chi connectivity index (χ4n) is 4.29. The van der Waals surface area contributed by atoms with Crippen molar-refractivity contribution in [3.8, 4) is 11.5 Å². The first-order chi connectivity index (χ1) is 18.2. The van der Waals surface area contributed by atoms with Crippen LogP contribution in [0.5, 0.6) is 11.5 Å². The second-order valence-corrected chi connectivity index (χ2v) is 9.61. The van der Waals surface area contributed by atoms with Crippen molar-refractivity contribution in [1.82, 2.24) is 10.2 Å². The summed E-state index contributed by atoms with van der Waals surface area (Å²) in [6, 6.07) is 21.4. The summed E-state index contributed by atoms with van der Waals surface area (Å²) >= 11 is 5.94. The summed E-state index contributed by atoms with van der Waals surface area (Å²) in [7, 11) is 1.50. The summed E-state index contributed by atoms with van der Waals surface area (Å²) in [6.45, 7) is 3.48. The summed E-state index contributed by atoms with van der Waals surface area (Å²) in [5, 5.41) is 12.1. The molecule has 3 aromatic carbocycles. The van der Waals surface area contributed by atoms with Crippen LogP contribution in [0.1, 0.15) is 25.5 Å². The van der Waals surface area contributed by atoms with Crippen molar-refractivity contribution in [2.75, 3.05) is 11.9 Å². The second-order valence-electron chi connectivity index (χ2n) is 9.17. The zero-order chi connectivity index (χ0) is 27.4. The van der Waals surface area contributed by atoms with Gasteiger partial charge in [-0.3, -0.25) is 9.69 Å². The molecule has 4 rings (SSSR count). The topological polar surface area (TPSA) is 108 Å². The molecule has 3 aromatic rings. The van der Waals surface area contributed by atoms with E-state index in [0.29, 0.717) is 22.2 Å². The fourth-order valence-corrected chi connectivity index (χ4v) is 4.42. The van der Waals surface area contributed by atoms with Crippen molar-refractivity contribution in [3.05, 3.63) is 89.4 Å². The highest BCUT2D eigenvalue weighted by Gasteiger charge is 2.48. The molecule has 0 bridgehead atoms. The summed E-state index contributed by atoms with van der Waals surface area (Å²) in [5.74, 6) is 0.343. The molecule has 0 unspecified atom stereocenters. The minimum absolute atomic E-state index is 0.322. The summed E-state index contributed by atoms with van der Waals surface area (Å²) in [4.78, 5) is 40.6. The van der Waals surface area contributed by atoms with Gasteiger partial charge in [0.05, 0.1) is 0 Å². The van der Waals surface area contributed by atoms with Gasteiger partial charge in [-0.25, -0.2) is 9.59 Å². The van der Waals surface area contributed by atoms with Crippen LogP contribution in [-0.2, 0) is 9.53 Å². The van der Waals surface area contributed by atoms with Crippen molar-refractivity contribution in [1.29, 1.82) is 0 Å². The predicted molar refractivity (Wildman–Crippen MR) is 142 cm³/mol. The average Bonchev–Trinajstić information content (AvgIpc) is 3.25. The zero-order valence-corrected chi connectivity index (χ0v) is 21.8. The van der Waals surface area contributed by atoms with Crippen LogP contribution in [0, 0.1) is 5.92 Å². The number of hydrogen-bond donors (Lipinski definition) is 2. The number of cyclic esters (lactones) is 1. The minimum Gasteiger partial charge on any atom is -0.465 e. The van der Waals surface area contributed by atoms with E-state index >= 15 is 0 Å². The summed E-state index contributed by atoms with van der Waals surface area (Å²) < 4.78 is 11.6. The molecule has 1 fully saturated rings. The highest BCUT2D eigenvalue weighted by Crippen LogP contribution is 2.39. The average molecular weight is 538 g/mol. The molecule has 1 aliphatic heterocycles. The molecule has 1 aliphatic rings. The normalized spacial score (nSPS) is 17.6. The number of carbonyl (C=O) groups excluding carboxylic acids is 2. The standard InChI is InChI=1S/C28H28ClN3O6/c1-17(2)23(30-27(34)35)25(33)31(3)26-24(18-7-5-4-6-8-18)32(28(36)38-26)20-11-15-22(16-12-20)37-21-13-9-19(29)10-14-21/h4-17,23-24,26,30H,1-3H3,(H,34,35)/t23-,24+,26+/m1/s1. The first-order valence-corrected chi connectivity index (χ1v) is 12.4. The van der Waals surface area contributed by atoms with Crippen molar-refractivity contribution in [2.24, 2.45) is 5.92 Å². The number of amides is 3. The first-order valence-electron chi connectivity index (χ1n) is 12.0. The predicted octanol–water partition coefficient (Wildman–Crippen LogP) is 5.91. The molecule has 0 spiro atoms. The number of ether oxygens (including phenoxy) is 2. The lowest BCUT2D eigenvalue weighted by atomic mass is 10.0. The van der Waals surface area contributed by atoms with Gasteiger partial charge in [-0.2, -0.15) is 0 Å². The molecule has 0 aromatic heterocycles. The molecule has 198 valence electrons. The Hall–Kier alpha value is -4.24. The van der Waals surface area contributed by atoms with E-state index in [4.69, 9.17) is 21.1 Å². The third-order valence-corrected chi connectivity index (χ3v) is 6.46. The molecule has 0 radical (unpaired) electrons. The van der Waals surface area contributed by atoms with Crippen molar-refractivity contribution >= 4 is 35.4 Å². The van der Waals surface area contributed by atoms with Crippen LogP contribution in [-0.4, -0.2) is 47.4 Å². The third-order valence-electron chi connectivity index (χ3n) is 6.21. The molecule has 2 N–H and O–H groups in total. The van der Waals surface area contributed by atoms with E-state index in [-0.39, 0.29) is 5.92 Å². The van der Waals surface area contributed by atoms with E-state index in [1.165, 1.54) is 16.8 Å². The van der Waals surface area contributed by atoms with Crippen LogP contribution in [0.15, 0.2) is 78.9 Å². The Kier molecular flexibility index (Phi) is 8.07. The van der Waals surface area contributed by atoms with E-state index in [2.05, 4.69) is 5.32 Å². The van der Waals surface area contributed by atoms with E-state index in [1.54, 1.807) is 62.4 Å². The van der Waals surface area contributed by atoms with E-state index < -0.39 is 36.4 Å². The van der Waals surface area contributed by atoms with Crippen LogP contribution in [0.3, 0.4) is 0 Å². The van der Waals surface area contributed by atoms with Gasteiger partial charge in [-0.15, -0.1) is 0 Å². The Balaban J connectivity index is 1.63. The Bertz CT molecular complexity index is 1280. The molecule has 38 heavy (non-hydrogen) atoms. The zero-order valence-electron chi connectivity index (χ0n) is 21.1. The SMILES string of the molecule is CC(C)[C@@H](NC(=O)O)C(=O)N(C)[C@H]1OC(=O)N(c2ccc(Oc3ccc(Cl)cc3)cc2)[C@H]1c1ccccc1. The van der Waals surface area contributed by atoms with Gasteiger partial charge in [0, 0.05) is 17.8 Å². The second kappa shape index (κ2) is 11.4. The highest BCUT2D eigenvalue weighted by atomic mass is 35.5. The number of carbonyl (C=O) groups is 3. The Morgan fingerprint density at radius 2 is 1.58 bits per heavy atom. The van der Waals surface area contributed by atoms with Crippen molar-refractivity contribution < 1.29 is 29.0 Å². The molecular formula is C28H28ClN3O6. The molecule has 3 amide bonds. The number of benzene rings is 3. The molecule has 9 nitrogen and oxygen atoms in total. The van der Waals surface area contributed by atoms with Crippen molar-refractivity contribution in [3.63, 3.8) is 0 Å². The summed E-state index contributed by atoms with van der Waals surface area (Å²) in [6.07, 6.45) is -2.95. The lowest BCUT2D eigenvalue weighted by Gasteiger charge is -2.33. The number of rotatable bonds is 8. The number of hydrogen-bond acceptors (Lipinski definition) is 5. The van der Waals surface area contributed by atoms with Gasteiger partial charge >= 0.3 is 12.2 Å². The molecule has 10 heteroatoms. The fraction of sp³-hybridized carbons (Fsp3) is 0.250. The maximum absolute atomic E-state index is 13.3. The van der Waals surface area contributed by atoms with Crippen LogP contribution in [0.4, 0.5) is 15.3 Å². The number of nitrogens with zero attached hydrogens (tertiary/aromatic N) is 2. The Morgan fingerprint density at radius 1 is 1.00 bits per heavy atom. The highest BCUT2D eigenvalue weighted by molar-refractivity contribution is 6.30.